The molecule has 6 heteroatoms. The summed E-state index contributed by atoms with van der Waals surface area (Å²) in [7, 11) is 0. The van der Waals surface area contributed by atoms with Crippen molar-refractivity contribution in [1.29, 1.82) is 0 Å². The molecular formula is C25H24N4O2. The Morgan fingerprint density at radius 2 is 1.45 bits per heavy atom. The van der Waals surface area contributed by atoms with Crippen LogP contribution in [0.2, 0.25) is 0 Å². The molecule has 4 aromatic rings. The lowest BCUT2D eigenvalue weighted by molar-refractivity contribution is 0.0948. The fourth-order valence-corrected chi connectivity index (χ4v) is 3.43. The maximum Gasteiger partial charge on any atom is 0.274 e. The number of rotatable bonds is 8. The second-order valence-corrected chi connectivity index (χ2v) is 7.24. The lowest BCUT2D eigenvalue weighted by Gasteiger charge is -2.12. The minimum absolute atomic E-state index is 0.205. The number of hydrogen-bond donors (Lipinski definition) is 2. The van der Waals surface area contributed by atoms with Crippen LogP contribution < -0.4 is 16.2 Å². The Bertz CT molecular complexity index is 1220. The van der Waals surface area contributed by atoms with Crippen molar-refractivity contribution in [2.24, 2.45) is 0 Å². The van der Waals surface area contributed by atoms with Gasteiger partial charge in [0.2, 0.25) is 0 Å². The molecular weight excluding hydrogens is 388 g/mol. The highest BCUT2D eigenvalue weighted by atomic mass is 16.2. The van der Waals surface area contributed by atoms with Gasteiger partial charge in [0.25, 0.3) is 11.5 Å². The molecule has 6 nitrogen and oxygen atoms in total. The van der Waals surface area contributed by atoms with Crippen LogP contribution in [0.3, 0.4) is 0 Å². The highest BCUT2D eigenvalue weighted by molar-refractivity contribution is 6.04. The van der Waals surface area contributed by atoms with Gasteiger partial charge >= 0.3 is 0 Å². The highest BCUT2D eigenvalue weighted by Gasteiger charge is 2.16. The molecule has 0 bridgehead atoms. The van der Waals surface area contributed by atoms with Crippen molar-refractivity contribution in [2.75, 3.05) is 18.4 Å². The molecule has 2 N–H and O–H groups in total. The van der Waals surface area contributed by atoms with Crippen molar-refractivity contribution in [1.82, 2.24) is 15.1 Å². The molecule has 0 saturated heterocycles. The van der Waals surface area contributed by atoms with Gasteiger partial charge in [0.05, 0.1) is 11.9 Å². The van der Waals surface area contributed by atoms with Gasteiger partial charge in [-0.3, -0.25) is 9.59 Å². The molecule has 3 aromatic carbocycles. The first-order valence-corrected chi connectivity index (χ1v) is 10.3. The Hall–Kier alpha value is -3.93. The predicted octanol–water partition coefficient (Wildman–Crippen LogP) is 3.68. The van der Waals surface area contributed by atoms with E-state index in [4.69, 9.17) is 0 Å². The summed E-state index contributed by atoms with van der Waals surface area (Å²) in [5.41, 5.74) is 2.06. The molecule has 0 aliphatic rings. The fraction of sp³-hybridized carbons (Fsp3) is 0.160. The van der Waals surface area contributed by atoms with Gasteiger partial charge in [-0.1, -0.05) is 66.7 Å². The van der Waals surface area contributed by atoms with Gasteiger partial charge in [0.15, 0.2) is 5.69 Å². The lowest BCUT2D eigenvalue weighted by atomic mass is 10.1. The second kappa shape index (κ2) is 9.71. The number of nitrogens with one attached hydrogen (secondary N) is 2. The molecule has 0 aliphatic heterocycles. The molecule has 0 atom stereocenters. The fourth-order valence-electron chi connectivity index (χ4n) is 3.43. The molecule has 156 valence electrons. The standard InChI is InChI=1S/C25H24N4O2/c30-24(27-17-9-16-26-20-12-5-2-6-13-20)23-21-14-7-8-15-22(21)25(31)29(28-23)18-19-10-3-1-4-11-19/h1-8,10-15,26H,9,16-18H2,(H,27,30). The molecule has 0 unspecified atom stereocenters. The van der Waals surface area contributed by atoms with E-state index in [0.29, 0.717) is 23.9 Å². The number of nitrogens with zero attached hydrogens (tertiary/aromatic N) is 2. The number of fused-ring (bicyclic) bond motifs is 1. The van der Waals surface area contributed by atoms with Crippen molar-refractivity contribution in [3.05, 3.63) is 107 Å². The molecule has 0 spiro atoms. The SMILES string of the molecule is O=C(NCCCNc1ccccc1)c1nn(Cc2ccccc2)c(=O)c2ccccc12. The number of anilines is 1. The second-order valence-electron chi connectivity index (χ2n) is 7.24. The van der Waals surface area contributed by atoms with E-state index in [1.807, 2.05) is 66.7 Å². The van der Waals surface area contributed by atoms with Crippen LogP contribution >= 0.6 is 0 Å². The van der Waals surface area contributed by atoms with E-state index in [0.717, 1.165) is 24.2 Å². The average Bonchev–Trinajstić information content (AvgIpc) is 2.82. The zero-order chi connectivity index (χ0) is 21.5. The Morgan fingerprint density at radius 1 is 0.806 bits per heavy atom. The molecule has 0 saturated carbocycles. The number of benzene rings is 3. The Labute approximate surface area is 180 Å². The third-order valence-corrected chi connectivity index (χ3v) is 5.00. The topological polar surface area (TPSA) is 76.0 Å². The number of hydrogen-bond acceptors (Lipinski definition) is 4. The van der Waals surface area contributed by atoms with E-state index >= 15 is 0 Å². The Kier molecular flexibility index (Phi) is 6.38. The zero-order valence-corrected chi connectivity index (χ0v) is 17.1. The summed E-state index contributed by atoms with van der Waals surface area (Å²) in [5, 5.41) is 11.7. The monoisotopic (exact) mass is 412 g/mol. The number of para-hydroxylation sites is 1. The van der Waals surface area contributed by atoms with Gasteiger partial charge in [0.1, 0.15) is 0 Å². The summed E-state index contributed by atoms with van der Waals surface area (Å²) in [6.45, 7) is 1.56. The molecule has 1 aromatic heterocycles. The summed E-state index contributed by atoms with van der Waals surface area (Å²) in [5.74, 6) is -0.280. The van der Waals surface area contributed by atoms with Crippen LogP contribution in [-0.4, -0.2) is 28.8 Å². The highest BCUT2D eigenvalue weighted by Crippen LogP contribution is 2.14. The molecule has 0 radical (unpaired) electrons. The number of carbonyl (C=O) groups is 1. The van der Waals surface area contributed by atoms with Gasteiger partial charge in [-0.2, -0.15) is 5.10 Å². The number of amides is 1. The van der Waals surface area contributed by atoms with Crippen molar-refractivity contribution < 1.29 is 4.79 Å². The van der Waals surface area contributed by atoms with E-state index in [-0.39, 0.29) is 17.2 Å². The van der Waals surface area contributed by atoms with Crippen LogP contribution in [0.4, 0.5) is 5.69 Å². The first kappa shape index (κ1) is 20.3. The van der Waals surface area contributed by atoms with Gasteiger partial charge < -0.3 is 10.6 Å². The van der Waals surface area contributed by atoms with Gasteiger partial charge in [-0.15, -0.1) is 0 Å². The van der Waals surface area contributed by atoms with Crippen LogP contribution in [0.5, 0.6) is 0 Å². The first-order chi connectivity index (χ1) is 15.2. The number of aromatic nitrogens is 2. The molecule has 1 amide bonds. The minimum Gasteiger partial charge on any atom is -0.385 e. The molecule has 0 fully saturated rings. The van der Waals surface area contributed by atoms with E-state index in [1.54, 1.807) is 18.2 Å². The lowest BCUT2D eigenvalue weighted by Crippen LogP contribution is -2.31. The van der Waals surface area contributed by atoms with Crippen LogP contribution in [0.15, 0.2) is 89.7 Å². The maximum atomic E-state index is 12.9. The maximum absolute atomic E-state index is 12.9. The summed E-state index contributed by atoms with van der Waals surface area (Å²) < 4.78 is 1.36. The summed E-state index contributed by atoms with van der Waals surface area (Å²) in [6.07, 6.45) is 0.766. The summed E-state index contributed by atoms with van der Waals surface area (Å²) in [4.78, 5) is 25.8. The third kappa shape index (κ3) is 4.98. The first-order valence-electron chi connectivity index (χ1n) is 10.3. The quantitative estimate of drug-likeness (QED) is 0.433. The molecule has 31 heavy (non-hydrogen) atoms. The Balaban J connectivity index is 1.48. The largest absolute Gasteiger partial charge is 0.385 e. The predicted molar refractivity (Wildman–Crippen MR) is 123 cm³/mol. The third-order valence-electron chi connectivity index (χ3n) is 5.00. The molecule has 4 rings (SSSR count). The Morgan fingerprint density at radius 3 is 2.19 bits per heavy atom. The normalized spacial score (nSPS) is 10.7. The van der Waals surface area contributed by atoms with Crippen LogP contribution in [0.25, 0.3) is 10.8 Å². The van der Waals surface area contributed by atoms with E-state index < -0.39 is 0 Å². The van der Waals surface area contributed by atoms with Crippen molar-refractivity contribution in [2.45, 2.75) is 13.0 Å². The van der Waals surface area contributed by atoms with Crippen molar-refractivity contribution in [3.63, 3.8) is 0 Å². The van der Waals surface area contributed by atoms with E-state index in [9.17, 15) is 9.59 Å². The van der Waals surface area contributed by atoms with Crippen molar-refractivity contribution >= 4 is 22.4 Å². The van der Waals surface area contributed by atoms with E-state index in [2.05, 4.69) is 15.7 Å². The van der Waals surface area contributed by atoms with Crippen LogP contribution in [0, 0.1) is 0 Å². The average molecular weight is 412 g/mol. The van der Waals surface area contributed by atoms with Gasteiger partial charge in [0, 0.05) is 24.2 Å². The summed E-state index contributed by atoms with van der Waals surface area (Å²) in [6, 6.07) is 26.7. The minimum atomic E-state index is -0.280. The molecule has 1 heterocycles. The number of carbonyl (C=O) groups excluding carboxylic acids is 1. The zero-order valence-electron chi connectivity index (χ0n) is 17.1. The smallest absolute Gasteiger partial charge is 0.274 e. The van der Waals surface area contributed by atoms with E-state index in [1.165, 1.54) is 4.68 Å². The van der Waals surface area contributed by atoms with Gasteiger partial charge in [-0.25, -0.2) is 4.68 Å². The van der Waals surface area contributed by atoms with Gasteiger partial charge in [-0.05, 0) is 30.2 Å². The van der Waals surface area contributed by atoms with Crippen LogP contribution in [-0.2, 0) is 6.54 Å². The van der Waals surface area contributed by atoms with Crippen molar-refractivity contribution in [3.8, 4) is 0 Å². The summed E-state index contributed by atoms with van der Waals surface area (Å²) >= 11 is 0. The van der Waals surface area contributed by atoms with Crippen LogP contribution in [0.1, 0.15) is 22.5 Å². The molecule has 0 aliphatic carbocycles.